The fourth-order valence-corrected chi connectivity index (χ4v) is 2.13. The number of aliphatic hydroxyl groups excluding tert-OH is 1. The van der Waals surface area contributed by atoms with Crippen LogP contribution in [-0.2, 0) is 6.61 Å². The normalized spacial score (nSPS) is 22.5. The van der Waals surface area contributed by atoms with Crippen molar-refractivity contribution in [3.63, 3.8) is 0 Å². The van der Waals surface area contributed by atoms with Crippen LogP contribution in [0.1, 0.15) is 24.6 Å². The fourth-order valence-electron chi connectivity index (χ4n) is 2.13. The van der Waals surface area contributed by atoms with E-state index in [1.807, 2.05) is 0 Å². The molecule has 5 nitrogen and oxygen atoms in total. The molecule has 1 aliphatic heterocycles. The van der Waals surface area contributed by atoms with Gasteiger partial charge < -0.3 is 5.11 Å². The Morgan fingerprint density at radius 3 is 3.12 bits per heavy atom. The third-order valence-corrected chi connectivity index (χ3v) is 2.98. The molecule has 0 saturated carbocycles. The molecule has 1 aromatic rings. The van der Waals surface area contributed by atoms with Crippen LogP contribution in [0.3, 0.4) is 0 Å². The van der Waals surface area contributed by atoms with E-state index in [4.69, 9.17) is 5.11 Å². The van der Waals surface area contributed by atoms with Gasteiger partial charge in [-0.15, -0.1) is 5.10 Å². The highest BCUT2D eigenvalue weighted by molar-refractivity contribution is 4.91. The molecule has 1 fully saturated rings. The second-order valence-electron chi connectivity index (χ2n) is 4.13. The van der Waals surface area contributed by atoms with Crippen LogP contribution in [0, 0.1) is 0 Å². The molecular weight excluding hydrogens is 211 g/mol. The monoisotopic (exact) mass is 228 g/mol. The summed E-state index contributed by atoms with van der Waals surface area (Å²) >= 11 is 0. The number of piperidine rings is 1. The first-order chi connectivity index (χ1) is 7.83. The number of alkyl halides is 1. The van der Waals surface area contributed by atoms with Crippen molar-refractivity contribution in [3.8, 4) is 0 Å². The molecule has 0 amide bonds. The highest BCUT2D eigenvalue weighted by atomic mass is 19.1. The maximum Gasteiger partial charge on any atom is 0.108 e. The maximum atomic E-state index is 12.3. The molecule has 0 unspecified atom stereocenters. The summed E-state index contributed by atoms with van der Waals surface area (Å²) in [6.07, 6.45) is 3.86. The van der Waals surface area contributed by atoms with Gasteiger partial charge in [0.1, 0.15) is 12.4 Å². The van der Waals surface area contributed by atoms with E-state index in [1.165, 1.54) is 0 Å². The average Bonchev–Trinajstić information content (AvgIpc) is 2.78. The van der Waals surface area contributed by atoms with Gasteiger partial charge in [0.15, 0.2) is 0 Å². The van der Waals surface area contributed by atoms with E-state index in [-0.39, 0.29) is 19.3 Å². The number of aliphatic hydroxyl groups is 1. The summed E-state index contributed by atoms with van der Waals surface area (Å²) in [4.78, 5) is 2.11. The zero-order valence-corrected chi connectivity index (χ0v) is 9.22. The van der Waals surface area contributed by atoms with Crippen molar-refractivity contribution in [3.05, 3.63) is 11.9 Å². The summed E-state index contributed by atoms with van der Waals surface area (Å²) < 4.78 is 14.0. The van der Waals surface area contributed by atoms with Crippen molar-refractivity contribution in [1.82, 2.24) is 19.9 Å². The van der Waals surface area contributed by atoms with Crippen molar-refractivity contribution < 1.29 is 9.50 Å². The van der Waals surface area contributed by atoms with E-state index in [0.29, 0.717) is 12.2 Å². The lowest BCUT2D eigenvalue weighted by Crippen LogP contribution is -2.37. The average molecular weight is 228 g/mol. The van der Waals surface area contributed by atoms with Gasteiger partial charge in [0.05, 0.1) is 18.8 Å². The number of likely N-dealkylation sites (tertiary alicyclic amines) is 1. The second-order valence-corrected chi connectivity index (χ2v) is 4.13. The Bertz CT molecular complexity index is 328. The van der Waals surface area contributed by atoms with Crippen molar-refractivity contribution in [2.24, 2.45) is 0 Å². The molecule has 2 rings (SSSR count). The molecule has 0 aliphatic carbocycles. The Morgan fingerprint density at radius 1 is 1.56 bits per heavy atom. The molecule has 0 bridgehead atoms. The summed E-state index contributed by atoms with van der Waals surface area (Å²) in [5.41, 5.74) is 0.586. The highest BCUT2D eigenvalue weighted by Crippen LogP contribution is 2.20. The number of aromatic nitrogens is 3. The first kappa shape index (κ1) is 11.5. The topological polar surface area (TPSA) is 54.2 Å². The molecule has 2 heterocycles. The lowest BCUT2D eigenvalue weighted by atomic mass is 10.1. The predicted octanol–water partition coefficient (Wildman–Crippen LogP) is 0.377. The molecular formula is C10H17FN4O. The molecule has 90 valence electrons. The van der Waals surface area contributed by atoms with Crippen molar-refractivity contribution in [2.75, 3.05) is 26.3 Å². The van der Waals surface area contributed by atoms with Crippen LogP contribution in [0.5, 0.6) is 0 Å². The minimum atomic E-state index is -0.300. The number of rotatable bonds is 4. The lowest BCUT2D eigenvalue weighted by Gasteiger charge is -2.31. The van der Waals surface area contributed by atoms with Crippen LogP contribution in [-0.4, -0.2) is 51.3 Å². The molecule has 16 heavy (non-hydrogen) atoms. The van der Waals surface area contributed by atoms with Gasteiger partial charge in [0, 0.05) is 13.1 Å². The number of hydrogen-bond donors (Lipinski definition) is 1. The Balaban J connectivity index is 1.98. The van der Waals surface area contributed by atoms with Crippen molar-refractivity contribution >= 4 is 0 Å². The van der Waals surface area contributed by atoms with Crippen LogP contribution in [0.25, 0.3) is 0 Å². The van der Waals surface area contributed by atoms with Crippen LogP contribution in [0.15, 0.2) is 6.20 Å². The molecule has 0 spiro atoms. The van der Waals surface area contributed by atoms with Gasteiger partial charge >= 0.3 is 0 Å². The Morgan fingerprint density at radius 2 is 2.44 bits per heavy atom. The quantitative estimate of drug-likeness (QED) is 0.809. The van der Waals surface area contributed by atoms with Crippen molar-refractivity contribution in [2.45, 2.75) is 25.5 Å². The van der Waals surface area contributed by atoms with Crippen LogP contribution in [0.2, 0.25) is 0 Å². The number of nitrogens with zero attached hydrogens (tertiary/aromatic N) is 4. The molecule has 0 aromatic carbocycles. The molecule has 1 aliphatic rings. The molecule has 6 heteroatoms. The van der Waals surface area contributed by atoms with E-state index in [1.54, 1.807) is 10.9 Å². The zero-order valence-electron chi connectivity index (χ0n) is 9.22. The van der Waals surface area contributed by atoms with E-state index in [2.05, 4.69) is 15.2 Å². The second kappa shape index (κ2) is 5.36. The van der Waals surface area contributed by atoms with Gasteiger partial charge in [-0.3, -0.25) is 4.90 Å². The molecule has 0 radical (unpaired) electrons. The summed E-state index contributed by atoms with van der Waals surface area (Å²) in [5, 5.41) is 16.8. The number of hydrogen-bond acceptors (Lipinski definition) is 4. The lowest BCUT2D eigenvalue weighted by molar-refractivity contribution is 0.158. The summed E-state index contributed by atoms with van der Waals surface area (Å²) in [6, 6.07) is 0.257. The van der Waals surface area contributed by atoms with Gasteiger partial charge in [0.2, 0.25) is 0 Å². The van der Waals surface area contributed by atoms with Crippen LogP contribution in [0.4, 0.5) is 4.39 Å². The summed E-state index contributed by atoms with van der Waals surface area (Å²) in [7, 11) is 0. The standard InChI is InChI=1S/C10H17FN4O/c11-3-5-14-4-1-2-10(7-14)15-6-9(8-16)12-13-15/h6,10,16H,1-5,7-8H2/t10-/m0/s1. The van der Waals surface area contributed by atoms with Gasteiger partial charge in [0.25, 0.3) is 0 Å². The van der Waals surface area contributed by atoms with Gasteiger partial charge in [-0.2, -0.15) is 0 Å². The fraction of sp³-hybridized carbons (Fsp3) is 0.800. The number of halogens is 1. The predicted molar refractivity (Wildman–Crippen MR) is 56.6 cm³/mol. The van der Waals surface area contributed by atoms with E-state index in [0.717, 1.165) is 25.9 Å². The SMILES string of the molecule is OCc1cn([C@H]2CCCN(CCF)C2)nn1. The van der Waals surface area contributed by atoms with Gasteiger partial charge in [-0.05, 0) is 19.4 Å². The molecule has 1 N–H and O–H groups in total. The molecule has 1 saturated heterocycles. The smallest absolute Gasteiger partial charge is 0.108 e. The zero-order chi connectivity index (χ0) is 11.4. The van der Waals surface area contributed by atoms with Crippen molar-refractivity contribution in [1.29, 1.82) is 0 Å². The van der Waals surface area contributed by atoms with Gasteiger partial charge in [-0.25, -0.2) is 9.07 Å². The van der Waals surface area contributed by atoms with E-state index < -0.39 is 0 Å². The van der Waals surface area contributed by atoms with E-state index >= 15 is 0 Å². The maximum absolute atomic E-state index is 12.3. The first-order valence-corrected chi connectivity index (χ1v) is 5.63. The van der Waals surface area contributed by atoms with E-state index in [9.17, 15) is 4.39 Å². The van der Waals surface area contributed by atoms with Gasteiger partial charge in [-0.1, -0.05) is 5.21 Å². The summed E-state index contributed by atoms with van der Waals surface area (Å²) in [6.45, 7) is 1.89. The molecule has 1 atom stereocenters. The highest BCUT2D eigenvalue weighted by Gasteiger charge is 2.21. The minimum absolute atomic E-state index is 0.0824. The Hall–Kier alpha value is -1.01. The third-order valence-electron chi connectivity index (χ3n) is 2.98. The third kappa shape index (κ3) is 2.56. The first-order valence-electron chi connectivity index (χ1n) is 5.63. The van der Waals surface area contributed by atoms with Crippen LogP contribution >= 0.6 is 0 Å². The van der Waals surface area contributed by atoms with Crippen LogP contribution < -0.4 is 0 Å². The minimum Gasteiger partial charge on any atom is -0.390 e. The Kier molecular flexibility index (Phi) is 3.84. The summed E-state index contributed by atoms with van der Waals surface area (Å²) in [5.74, 6) is 0. The largest absolute Gasteiger partial charge is 0.390 e. The molecule has 1 aromatic heterocycles. The Labute approximate surface area is 93.9 Å².